The number of aromatic nitrogens is 3. The minimum absolute atomic E-state index is 0.455. The molecular weight excluding hydrogens is 294 g/mol. The van der Waals surface area contributed by atoms with E-state index in [4.69, 9.17) is 11.6 Å². The van der Waals surface area contributed by atoms with Gasteiger partial charge in [0.1, 0.15) is 5.15 Å². The Morgan fingerprint density at radius 2 is 1.41 bits per heavy atom. The van der Waals surface area contributed by atoms with Crippen molar-refractivity contribution in [2.45, 2.75) is 0 Å². The summed E-state index contributed by atoms with van der Waals surface area (Å²) in [4.78, 5) is 4.57. The summed E-state index contributed by atoms with van der Waals surface area (Å²) < 4.78 is 1.70. The maximum Gasteiger partial charge on any atom is 0.154 e. The summed E-state index contributed by atoms with van der Waals surface area (Å²) in [6.07, 6.45) is 1.89. The van der Waals surface area contributed by atoms with Gasteiger partial charge in [-0.25, -0.2) is 9.50 Å². The van der Waals surface area contributed by atoms with Crippen molar-refractivity contribution in [1.82, 2.24) is 14.6 Å². The smallest absolute Gasteiger partial charge is 0.154 e. The molecule has 0 aliphatic carbocycles. The predicted molar refractivity (Wildman–Crippen MR) is 88.9 cm³/mol. The average molecular weight is 306 g/mol. The molecule has 0 atom stereocenters. The number of nitrogens with zero attached hydrogens (tertiary/aromatic N) is 3. The Labute approximate surface area is 132 Å². The number of hydrogen-bond donors (Lipinski definition) is 0. The molecule has 0 amide bonds. The van der Waals surface area contributed by atoms with Crippen molar-refractivity contribution in [3.05, 3.63) is 78.1 Å². The van der Waals surface area contributed by atoms with Crippen molar-refractivity contribution in [2.24, 2.45) is 0 Å². The van der Waals surface area contributed by atoms with Gasteiger partial charge in [0.25, 0.3) is 0 Å². The van der Waals surface area contributed by atoms with Crippen molar-refractivity contribution < 1.29 is 0 Å². The Bertz CT molecular complexity index is 928. The zero-order valence-corrected chi connectivity index (χ0v) is 12.4. The van der Waals surface area contributed by atoms with Crippen LogP contribution in [0.1, 0.15) is 0 Å². The van der Waals surface area contributed by atoms with E-state index in [2.05, 4.69) is 46.5 Å². The Morgan fingerprint density at radius 1 is 0.727 bits per heavy atom. The van der Waals surface area contributed by atoms with Gasteiger partial charge in [-0.1, -0.05) is 66.2 Å². The molecule has 0 saturated heterocycles. The molecule has 106 valence electrons. The fraction of sp³-hybridized carbons (Fsp3) is 0. The molecule has 4 heteroatoms. The van der Waals surface area contributed by atoms with E-state index in [1.165, 1.54) is 11.1 Å². The maximum absolute atomic E-state index is 5.90. The molecular formula is C18H12ClN3. The quantitative estimate of drug-likeness (QED) is 0.536. The van der Waals surface area contributed by atoms with Crippen molar-refractivity contribution >= 4 is 17.2 Å². The van der Waals surface area contributed by atoms with E-state index >= 15 is 0 Å². The molecule has 2 aromatic carbocycles. The highest BCUT2D eigenvalue weighted by Gasteiger charge is 2.06. The van der Waals surface area contributed by atoms with Crippen LogP contribution in [0.25, 0.3) is 28.0 Å². The molecule has 0 spiro atoms. The van der Waals surface area contributed by atoms with Crippen molar-refractivity contribution in [1.29, 1.82) is 0 Å². The SMILES string of the molecule is Clc1ccc2nc(-c3ccc(-c4ccccc4)cc3)cn2n1. The normalized spacial score (nSPS) is 11.0. The van der Waals surface area contributed by atoms with Crippen LogP contribution in [0.15, 0.2) is 72.9 Å². The molecule has 0 saturated carbocycles. The van der Waals surface area contributed by atoms with Gasteiger partial charge in [-0.05, 0) is 23.3 Å². The van der Waals surface area contributed by atoms with Crippen LogP contribution in [-0.2, 0) is 0 Å². The second-order valence-corrected chi connectivity index (χ2v) is 5.42. The van der Waals surface area contributed by atoms with Crippen molar-refractivity contribution in [3.8, 4) is 22.4 Å². The first-order valence-electron chi connectivity index (χ1n) is 6.97. The molecule has 4 rings (SSSR count). The van der Waals surface area contributed by atoms with E-state index in [9.17, 15) is 0 Å². The maximum atomic E-state index is 5.90. The molecule has 0 aliphatic heterocycles. The second kappa shape index (κ2) is 5.28. The Hall–Kier alpha value is -2.65. The third-order valence-corrected chi connectivity index (χ3v) is 3.78. The Kier molecular flexibility index (Phi) is 3.13. The van der Waals surface area contributed by atoms with Crippen LogP contribution in [0.2, 0.25) is 5.15 Å². The van der Waals surface area contributed by atoms with E-state index in [-0.39, 0.29) is 0 Å². The second-order valence-electron chi connectivity index (χ2n) is 5.03. The van der Waals surface area contributed by atoms with E-state index in [0.29, 0.717) is 5.15 Å². The topological polar surface area (TPSA) is 30.2 Å². The first-order chi connectivity index (χ1) is 10.8. The number of rotatable bonds is 2. The van der Waals surface area contributed by atoms with Gasteiger partial charge in [0.15, 0.2) is 5.65 Å². The zero-order valence-electron chi connectivity index (χ0n) is 11.6. The lowest BCUT2D eigenvalue weighted by atomic mass is 10.0. The lowest BCUT2D eigenvalue weighted by Gasteiger charge is -2.02. The van der Waals surface area contributed by atoms with Gasteiger partial charge in [0.05, 0.1) is 11.9 Å². The van der Waals surface area contributed by atoms with Gasteiger partial charge in [0, 0.05) is 5.56 Å². The van der Waals surface area contributed by atoms with Crippen LogP contribution in [0.3, 0.4) is 0 Å². The van der Waals surface area contributed by atoms with E-state index in [0.717, 1.165) is 16.9 Å². The minimum atomic E-state index is 0.455. The third-order valence-electron chi connectivity index (χ3n) is 3.58. The molecule has 0 fully saturated rings. The van der Waals surface area contributed by atoms with Crippen molar-refractivity contribution in [3.63, 3.8) is 0 Å². The lowest BCUT2D eigenvalue weighted by Crippen LogP contribution is -1.88. The molecule has 4 aromatic rings. The summed E-state index contributed by atoms with van der Waals surface area (Å²) in [5.41, 5.74) is 5.12. The minimum Gasteiger partial charge on any atom is -0.227 e. The molecule has 2 heterocycles. The fourth-order valence-electron chi connectivity index (χ4n) is 2.46. The van der Waals surface area contributed by atoms with Gasteiger partial charge >= 0.3 is 0 Å². The number of imidazole rings is 1. The monoisotopic (exact) mass is 305 g/mol. The summed E-state index contributed by atoms with van der Waals surface area (Å²) >= 11 is 5.90. The number of hydrogen-bond acceptors (Lipinski definition) is 2. The van der Waals surface area contributed by atoms with Crippen LogP contribution in [0.5, 0.6) is 0 Å². The molecule has 22 heavy (non-hydrogen) atoms. The van der Waals surface area contributed by atoms with Gasteiger partial charge < -0.3 is 0 Å². The third kappa shape index (κ3) is 2.36. The summed E-state index contributed by atoms with van der Waals surface area (Å²) in [5.74, 6) is 0. The predicted octanol–water partition coefficient (Wildman–Crippen LogP) is 4.72. The summed E-state index contributed by atoms with van der Waals surface area (Å²) in [6, 6.07) is 22.3. The van der Waals surface area contributed by atoms with Gasteiger partial charge in [-0.15, -0.1) is 0 Å². The van der Waals surface area contributed by atoms with Crippen LogP contribution < -0.4 is 0 Å². The van der Waals surface area contributed by atoms with Crippen molar-refractivity contribution in [2.75, 3.05) is 0 Å². The van der Waals surface area contributed by atoms with Gasteiger partial charge in [0.2, 0.25) is 0 Å². The largest absolute Gasteiger partial charge is 0.227 e. The van der Waals surface area contributed by atoms with E-state index in [1.807, 2.05) is 30.5 Å². The highest BCUT2D eigenvalue weighted by molar-refractivity contribution is 6.29. The highest BCUT2D eigenvalue weighted by Crippen LogP contribution is 2.24. The van der Waals surface area contributed by atoms with Crippen LogP contribution in [0.4, 0.5) is 0 Å². The molecule has 2 aromatic heterocycles. The molecule has 0 unspecified atom stereocenters. The Balaban J connectivity index is 1.73. The molecule has 0 radical (unpaired) electrons. The molecule has 0 bridgehead atoms. The number of fused-ring (bicyclic) bond motifs is 1. The number of halogens is 1. The molecule has 0 N–H and O–H groups in total. The first kappa shape index (κ1) is 13.0. The first-order valence-corrected chi connectivity index (χ1v) is 7.35. The van der Waals surface area contributed by atoms with Crippen LogP contribution >= 0.6 is 11.6 Å². The van der Waals surface area contributed by atoms with E-state index < -0.39 is 0 Å². The fourth-order valence-corrected chi connectivity index (χ4v) is 2.61. The van der Waals surface area contributed by atoms with E-state index in [1.54, 1.807) is 10.6 Å². The van der Waals surface area contributed by atoms with Gasteiger partial charge in [-0.2, -0.15) is 5.10 Å². The summed E-state index contributed by atoms with van der Waals surface area (Å²) in [5, 5.41) is 4.66. The molecule has 3 nitrogen and oxygen atoms in total. The number of benzene rings is 2. The average Bonchev–Trinajstić information content (AvgIpc) is 2.99. The Morgan fingerprint density at radius 3 is 2.18 bits per heavy atom. The van der Waals surface area contributed by atoms with Crippen LogP contribution in [-0.4, -0.2) is 14.6 Å². The summed E-state index contributed by atoms with van der Waals surface area (Å²) in [7, 11) is 0. The lowest BCUT2D eigenvalue weighted by molar-refractivity contribution is 0.937. The summed E-state index contributed by atoms with van der Waals surface area (Å²) in [6.45, 7) is 0. The highest BCUT2D eigenvalue weighted by atomic mass is 35.5. The zero-order chi connectivity index (χ0) is 14.9. The van der Waals surface area contributed by atoms with Crippen LogP contribution in [0, 0.1) is 0 Å². The molecule has 0 aliphatic rings. The van der Waals surface area contributed by atoms with Gasteiger partial charge in [-0.3, -0.25) is 0 Å². The standard InChI is InChI=1S/C18H12ClN3/c19-17-10-11-18-20-16(12-22(18)21-17)15-8-6-14(7-9-15)13-4-2-1-3-5-13/h1-12H.